The van der Waals surface area contributed by atoms with Crippen LogP contribution in [0.1, 0.15) is 47.0 Å². The third kappa shape index (κ3) is 0.936. The minimum Gasteiger partial charge on any atom is -0.187 e. The maximum atomic E-state index is 4.66. The smallest absolute Gasteiger partial charge is 0.0863 e. The Balaban J connectivity index is 1.94. The lowest BCUT2D eigenvalue weighted by Gasteiger charge is -2.55. The lowest BCUT2D eigenvalue weighted by molar-refractivity contribution is -0.00219. The minimum atomic E-state index is 0.00465. The highest BCUT2D eigenvalue weighted by atomic mass is 15.3. The summed E-state index contributed by atoms with van der Waals surface area (Å²) in [6, 6.07) is 0. The summed E-state index contributed by atoms with van der Waals surface area (Å²) in [5, 5.41) is 18.6. The Morgan fingerprint density at radius 3 is 1.24 bits per heavy atom. The number of azo groups is 2. The zero-order valence-electron chi connectivity index (χ0n) is 11.1. The summed E-state index contributed by atoms with van der Waals surface area (Å²) < 4.78 is 0. The van der Waals surface area contributed by atoms with Crippen molar-refractivity contribution >= 4 is 0 Å². The quantitative estimate of drug-likeness (QED) is 0.575. The van der Waals surface area contributed by atoms with Crippen LogP contribution in [0, 0.1) is 11.8 Å². The second kappa shape index (κ2) is 2.34. The van der Waals surface area contributed by atoms with Crippen LogP contribution >= 0.6 is 0 Å². The van der Waals surface area contributed by atoms with Gasteiger partial charge in [0.25, 0.3) is 0 Å². The second-order valence-corrected chi connectivity index (χ2v) is 7.52. The van der Waals surface area contributed by atoms with E-state index in [4.69, 9.17) is 0 Å². The summed E-state index contributed by atoms with van der Waals surface area (Å²) in [7, 11) is 0. The van der Waals surface area contributed by atoms with Crippen LogP contribution in [0.25, 0.3) is 0 Å². The van der Waals surface area contributed by atoms with Crippen LogP contribution in [0.5, 0.6) is 0 Å². The molecule has 0 saturated heterocycles. The Kier molecular flexibility index (Phi) is 1.40. The van der Waals surface area contributed by atoms with E-state index in [1.807, 2.05) is 0 Å². The molecule has 0 spiro atoms. The molecular formula is C13H20N4. The molecule has 17 heavy (non-hydrogen) atoms. The first-order chi connectivity index (χ1) is 7.80. The van der Waals surface area contributed by atoms with Gasteiger partial charge in [0.2, 0.25) is 0 Å². The monoisotopic (exact) mass is 232 g/mol. The molecule has 0 aromatic heterocycles. The van der Waals surface area contributed by atoms with Gasteiger partial charge in [-0.25, -0.2) is 0 Å². The Morgan fingerprint density at radius 1 is 0.647 bits per heavy atom. The molecule has 92 valence electrons. The van der Waals surface area contributed by atoms with Gasteiger partial charge in [-0.15, -0.1) is 0 Å². The average Bonchev–Trinajstić information content (AvgIpc) is 2.62. The van der Waals surface area contributed by atoms with E-state index in [2.05, 4.69) is 48.2 Å². The summed E-state index contributed by atoms with van der Waals surface area (Å²) in [6.07, 6.45) is 3.37. The molecule has 2 unspecified atom stereocenters. The van der Waals surface area contributed by atoms with E-state index < -0.39 is 0 Å². The molecule has 4 aliphatic rings. The van der Waals surface area contributed by atoms with Crippen molar-refractivity contribution in [2.45, 2.75) is 69.1 Å². The van der Waals surface area contributed by atoms with E-state index in [1.54, 1.807) is 0 Å². The molecule has 2 fully saturated rings. The molecule has 6 bridgehead atoms. The summed E-state index contributed by atoms with van der Waals surface area (Å²) in [4.78, 5) is 0. The maximum absolute atomic E-state index is 4.66. The molecule has 2 aliphatic heterocycles. The van der Waals surface area contributed by atoms with Crippen molar-refractivity contribution in [1.29, 1.82) is 0 Å². The first-order valence-corrected chi connectivity index (χ1v) is 6.68. The van der Waals surface area contributed by atoms with Gasteiger partial charge in [-0.1, -0.05) is 0 Å². The molecule has 0 N–H and O–H groups in total. The topological polar surface area (TPSA) is 49.4 Å². The minimum absolute atomic E-state index is 0.00465. The van der Waals surface area contributed by atoms with Crippen molar-refractivity contribution in [3.8, 4) is 0 Å². The summed E-state index contributed by atoms with van der Waals surface area (Å²) >= 11 is 0. The van der Waals surface area contributed by atoms with Crippen molar-refractivity contribution in [1.82, 2.24) is 0 Å². The number of rotatable bonds is 0. The standard InChI is InChI=1S/C13H20N4/c1-10-6-11(2,15-14-10)9-5-8(10)12(3)7-13(9,4)17-16-12/h8-9H,5-7H2,1-4H3/t8?,9?,10-,11+,12+,13-. The first kappa shape index (κ1) is 10.2. The number of nitrogens with zero attached hydrogens (tertiary/aromatic N) is 4. The van der Waals surface area contributed by atoms with Gasteiger partial charge in [0.15, 0.2) is 0 Å². The highest BCUT2D eigenvalue weighted by molar-refractivity contribution is 5.26. The van der Waals surface area contributed by atoms with E-state index >= 15 is 0 Å². The van der Waals surface area contributed by atoms with Gasteiger partial charge in [-0.2, -0.15) is 20.5 Å². The van der Waals surface area contributed by atoms with Crippen LogP contribution in [0.3, 0.4) is 0 Å². The molecule has 2 saturated carbocycles. The Morgan fingerprint density at radius 2 is 0.941 bits per heavy atom. The number of fused-ring (bicyclic) bond motifs is 10. The largest absolute Gasteiger partial charge is 0.187 e. The highest BCUT2D eigenvalue weighted by Gasteiger charge is 2.70. The molecule has 4 rings (SSSR count). The van der Waals surface area contributed by atoms with E-state index in [-0.39, 0.29) is 22.2 Å². The van der Waals surface area contributed by atoms with E-state index in [1.165, 1.54) is 6.42 Å². The second-order valence-electron chi connectivity index (χ2n) is 7.52. The van der Waals surface area contributed by atoms with E-state index in [0.717, 1.165) is 12.8 Å². The van der Waals surface area contributed by atoms with Crippen molar-refractivity contribution < 1.29 is 0 Å². The van der Waals surface area contributed by atoms with Crippen molar-refractivity contribution in [3.05, 3.63) is 0 Å². The third-order valence-corrected chi connectivity index (χ3v) is 5.92. The fourth-order valence-corrected chi connectivity index (χ4v) is 5.41. The third-order valence-electron chi connectivity index (χ3n) is 5.92. The summed E-state index contributed by atoms with van der Waals surface area (Å²) in [5.41, 5.74) is 0.0186. The molecule has 0 radical (unpaired) electrons. The van der Waals surface area contributed by atoms with Crippen LogP contribution in [0.2, 0.25) is 0 Å². The zero-order valence-corrected chi connectivity index (χ0v) is 11.1. The first-order valence-electron chi connectivity index (χ1n) is 6.68. The van der Waals surface area contributed by atoms with Gasteiger partial charge in [0, 0.05) is 24.7 Å². The van der Waals surface area contributed by atoms with Gasteiger partial charge in [0.05, 0.1) is 22.2 Å². The predicted octanol–water partition coefficient (Wildman–Crippen LogP) is 3.38. The Hall–Kier alpha value is -0.800. The zero-order chi connectivity index (χ0) is 12.1. The van der Waals surface area contributed by atoms with Gasteiger partial charge in [0.1, 0.15) is 0 Å². The predicted molar refractivity (Wildman–Crippen MR) is 64.2 cm³/mol. The average molecular weight is 232 g/mol. The summed E-state index contributed by atoms with van der Waals surface area (Å²) in [5.74, 6) is 1.05. The van der Waals surface area contributed by atoms with Gasteiger partial charge in [-0.3, -0.25) is 0 Å². The normalized spacial score (nSPS) is 66.6. The van der Waals surface area contributed by atoms with Crippen LogP contribution in [-0.4, -0.2) is 22.2 Å². The Labute approximate surface area is 102 Å². The van der Waals surface area contributed by atoms with Crippen LogP contribution in [0.15, 0.2) is 20.5 Å². The van der Waals surface area contributed by atoms with E-state index in [9.17, 15) is 0 Å². The molecule has 0 amide bonds. The maximum Gasteiger partial charge on any atom is 0.0863 e. The fraction of sp³-hybridized carbons (Fsp3) is 1.00. The van der Waals surface area contributed by atoms with Crippen molar-refractivity contribution in [3.63, 3.8) is 0 Å². The van der Waals surface area contributed by atoms with Gasteiger partial charge < -0.3 is 0 Å². The highest BCUT2D eigenvalue weighted by Crippen LogP contribution is 2.66. The van der Waals surface area contributed by atoms with Crippen LogP contribution in [-0.2, 0) is 0 Å². The number of hydrogen-bond acceptors (Lipinski definition) is 4. The fourth-order valence-electron chi connectivity index (χ4n) is 5.41. The SMILES string of the molecule is C[C@]12C[C@](C)(N=N1)C1CC2[C@]2(C)C[C@@]1(C)N=N2. The number of hydrogen-bond donors (Lipinski definition) is 0. The van der Waals surface area contributed by atoms with Crippen molar-refractivity contribution in [2.24, 2.45) is 32.3 Å². The lowest BCUT2D eigenvalue weighted by atomic mass is 9.48. The molecular weight excluding hydrogens is 212 g/mol. The summed E-state index contributed by atoms with van der Waals surface area (Å²) in [6.45, 7) is 9.07. The molecule has 4 nitrogen and oxygen atoms in total. The molecule has 2 aliphatic carbocycles. The van der Waals surface area contributed by atoms with Crippen LogP contribution in [0.4, 0.5) is 0 Å². The van der Waals surface area contributed by atoms with Crippen LogP contribution < -0.4 is 0 Å². The molecule has 2 heterocycles. The van der Waals surface area contributed by atoms with Gasteiger partial charge in [-0.05, 0) is 34.1 Å². The molecule has 4 heteroatoms. The van der Waals surface area contributed by atoms with Gasteiger partial charge >= 0.3 is 0 Å². The van der Waals surface area contributed by atoms with E-state index in [0.29, 0.717) is 11.8 Å². The molecule has 0 aromatic rings. The molecule has 6 atom stereocenters. The Bertz CT molecular complexity index is 394. The van der Waals surface area contributed by atoms with Crippen molar-refractivity contribution in [2.75, 3.05) is 0 Å². The lowest BCUT2D eigenvalue weighted by Crippen LogP contribution is -2.62. The molecule has 0 aromatic carbocycles.